The van der Waals surface area contributed by atoms with Crippen LogP contribution in [0.2, 0.25) is 0 Å². The van der Waals surface area contributed by atoms with Gasteiger partial charge in [0.2, 0.25) is 0 Å². The number of rotatable bonds is 4. The lowest BCUT2D eigenvalue weighted by molar-refractivity contribution is -0.384. The summed E-state index contributed by atoms with van der Waals surface area (Å²) >= 11 is 0. The van der Waals surface area contributed by atoms with Gasteiger partial charge in [0.15, 0.2) is 5.79 Å². The van der Waals surface area contributed by atoms with Crippen molar-refractivity contribution in [2.24, 2.45) is 0 Å². The molecule has 0 bridgehead atoms. The van der Waals surface area contributed by atoms with Gasteiger partial charge in [-0.25, -0.2) is 4.68 Å². The molecule has 0 spiro atoms. The molecule has 1 aliphatic heterocycles. The van der Waals surface area contributed by atoms with E-state index in [1.807, 2.05) is 13.8 Å². The van der Waals surface area contributed by atoms with Gasteiger partial charge in [-0.05, 0) is 26.0 Å². The Labute approximate surface area is 126 Å². The van der Waals surface area contributed by atoms with Crippen LogP contribution >= 0.6 is 0 Å². The van der Waals surface area contributed by atoms with Crippen LogP contribution in [-0.2, 0) is 16.0 Å². The predicted octanol–water partition coefficient (Wildman–Crippen LogP) is 2.00. The zero-order valence-corrected chi connectivity index (χ0v) is 12.3. The first-order valence-electron chi connectivity index (χ1n) is 6.90. The molecule has 1 saturated heterocycles. The summed E-state index contributed by atoms with van der Waals surface area (Å²) < 4.78 is 12.9. The average molecular weight is 304 g/mol. The van der Waals surface area contributed by atoms with Crippen molar-refractivity contribution in [1.82, 2.24) is 15.0 Å². The number of non-ortho nitro benzene ring substituents is 1. The van der Waals surface area contributed by atoms with E-state index < -0.39 is 10.7 Å². The number of aromatic nitrogens is 3. The van der Waals surface area contributed by atoms with Crippen molar-refractivity contribution in [2.45, 2.75) is 32.3 Å². The first-order chi connectivity index (χ1) is 10.4. The summed E-state index contributed by atoms with van der Waals surface area (Å²) in [6.45, 7) is 4.80. The van der Waals surface area contributed by atoms with Crippen LogP contribution in [0.15, 0.2) is 30.5 Å². The predicted molar refractivity (Wildman–Crippen MR) is 77.0 cm³/mol. The maximum Gasteiger partial charge on any atom is 0.269 e. The number of nitro groups is 1. The van der Waals surface area contributed by atoms with Gasteiger partial charge in [0.25, 0.3) is 5.69 Å². The van der Waals surface area contributed by atoms with Crippen LogP contribution in [0.1, 0.15) is 13.8 Å². The largest absolute Gasteiger partial charge is 0.348 e. The molecule has 0 amide bonds. The molecule has 0 unspecified atom stereocenters. The Bertz CT molecular complexity index is 680. The lowest BCUT2D eigenvalue weighted by Crippen LogP contribution is -2.24. The lowest BCUT2D eigenvalue weighted by atomic mass is 10.1. The molecule has 22 heavy (non-hydrogen) atoms. The second-order valence-corrected chi connectivity index (χ2v) is 5.58. The van der Waals surface area contributed by atoms with Gasteiger partial charge in [0.1, 0.15) is 11.8 Å². The van der Waals surface area contributed by atoms with E-state index in [4.69, 9.17) is 9.47 Å². The quantitative estimate of drug-likeness (QED) is 0.633. The Morgan fingerprint density at radius 2 is 2.14 bits per heavy atom. The van der Waals surface area contributed by atoms with Crippen molar-refractivity contribution in [3.63, 3.8) is 0 Å². The first kappa shape index (κ1) is 14.6. The molecule has 0 aliphatic carbocycles. The summed E-state index contributed by atoms with van der Waals surface area (Å²) in [6, 6.07) is 6.21. The maximum absolute atomic E-state index is 10.6. The molecular weight excluding hydrogens is 288 g/mol. The monoisotopic (exact) mass is 304 g/mol. The summed E-state index contributed by atoms with van der Waals surface area (Å²) in [7, 11) is 0. The van der Waals surface area contributed by atoms with E-state index >= 15 is 0 Å². The molecule has 8 heteroatoms. The summed E-state index contributed by atoms with van der Waals surface area (Å²) in [6.07, 6.45) is 1.72. The van der Waals surface area contributed by atoms with E-state index in [2.05, 4.69) is 10.3 Å². The fourth-order valence-corrected chi connectivity index (χ4v) is 2.34. The fraction of sp³-hybridized carbons (Fsp3) is 0.429. The topological polar surface area (TPSA) is 92.3 Å². The van der Waals surface area contributed by atoms with Crippen LogP contribution in [-0.4, -0.2) is 38.4 Å². The van der Waals surface area contributed by atoms with E-state index in [0.29, 0.717) is 18.8 Å². The molecule has 2 aromatic rings. The standard InChI is InChI=1S/C14H16N4O4/c1-14(2)21-9-12(22-14)7-17-8-13(15-16-17)10-3-5-11(6-4-10)18(19)20/h3-6,8,12H,7,9H2,1-2H3/t12-/m0/s1. The van der Waals surface area contributed by atoms with Crippen LogP contribution in [0.25, 0.3) is 11.3 Å². The van der Waals surface area contributed by atoms with Crippen molar-refractivity contribution < 1.29 is 14.4 Å². The molecular formula is C14H16N4O4. The second kappa shape index (κ2) is 5.47. The summed E-state index contributed by atoms with van der Waals surface area (Å²) in [5.41, 5.74) is 1.49. The van der Waals surface area contributed by atoms with Gasteiger partial charge in [0.05, 0.1) is 24.3 Å². The number of nitrogens with zero attached hydrogens (tertiary/aromatic N) is 4. The molecule has 8 nitrogen and oxygen atoms in total. The van der Waals surface area contributed by atoms with Gasteiger partial charge >= 0.3 is 0 Å². The molecule has 1 aliphatic rings. The zero-order valence-electron chi connectivity index (χ0n) is 12.3. The van der Waals surface area contributed by atoms with E-state index in [1.165, 1.54) is 12.1 Å². The van der Waals surface area contributed by atoms with Crippen LogP contribution in [0, 0.1) is 10.1 Å². The molecule has 1 aromatic carbocycles. The van der Waals surface area contributed by atoms with E-state index in [0.717, 1.165) is 5.56 Å². The first-order valence-corrected chi connectivity index (χ1v) is 6.90. The number of nitro benzene ring substituents is 1. The third kappa shape index (κ3) is 3.12. The van der Waals surface area contributed by atoms with Crippen molar-refractivity contribution in [3.05, 3.63) is 40.6 Å². The number of hydrogen-bond donors (Lipinski definition) is 0. The Balaban J connectivity index is 1.70. The van der Waals surface area contributed by atoms with Crippen molar-refractivity contribution in [1.29, 1.82) is 0 Å². The molecule has 1 fully saturated rings. The van der Waals surface area contributed by atoms with E-state index in [1.54, 1.807) is 23.0 Å². The summed E-state index contributed by atoms with van der Waals surface area (Å²) in [5, 5.41) is 18.8. The minimum Gasteiger partial charge on any atom is -0.348 e. The molecule has 1 aromatic heterocycles. The van der Waals surface area contributed by atoms with Crippen molar-refractivity contribution in [3.8, 4) is 11.3 Å². The van der Waals surface area contributed by atoms with Gasteiger partial charge < -0.3 is 9.47 Å². The van der Waals surface area contributed by atoms with Gasteiger partial charge in [-0.15, -0.1) is 5.10 Å². The Morgan fingerprint density at radius 1 is 1.41 bits per heavy atom. The molecule has 3 rings (SSSR count). The normalized spacial score (nSPS) is 20.2. The number of benzene rings is 1. The van der Waals surface area contributed by atoms with Crippen LogP contribution in [0.5, 0.6) is 0 Å². The highest BCUT2D eigenvalue weighted by molar-refractivity contribution is 5.59. The van der Waals surface area contributed by atoms with E-state index in [9.17, 15) is 10.1 Å². The molecule has 2 heterocycles. The van der Waals surface area contributed by atoms with Crippen molar-refractivity contribution >= 4 is 5.69 Å². The van der Waals surface area contributed by atoms with Crippen LogP contribution in [0.4, 0.5) is 5.69 Å². The highest BCUT2D eigenvalue weighted by Gasteiger charge is 2.32. The molecule has 0 N–H and O–H groups in total. The molecule has 0 radical (unpaired) electrons. The maximum atomic E-state index is 10.6. The number of ether oxygens (including phenoxy) is 2. The Hall–Kier alpha value is -2.32. The summed E-state index contributed by atoms with van der Waals surface area (Å²) in [5.74, 6) is -0.563. The molecule has 116 valence electrons. The third-order valence-corrected chi connectivity index (χ3v) is 3.37. The van der Waals surface area contributed by atoms with Crippen LogP contribution < -0.4 is 0 Å². The van der Waals surface area contributed by atoms with E-state index in [-0.39, 0.29) is 11.8 Å². The molecule has 1 atom stereocenters. The van der Waals surface area contributed by atoms with Gasteiger partial charge in [0, 0.05) is 17.7 Å². The Kier molecular flexibility index (Phi) is 3.63. The summed E-state index contributed by atoms with van der Waals surface area (Å²) in [4.78, 5) is 10.2. The molecule has 0 saturated carbocycles. The minimum atomic E-state index is -0.563. The SMILES string of the molecule is CC1(C)OC[C@H](Cn2cc(-c3ccc([N+](=O)[O-])cc3)nn2)O1. The minimum absolute atomic E-state index is 0.0508. The van der Waals surface area contributed by atoms with Gasteiger partial charge in [-0.3, -0.25) is 10.1 Å². The lowest BCUT2D eigenvalue weighted by Gasteiger charge is -2.16. The average Bonchev–Trinajstić information content (AvgIpc) is 3.06. The fourth-order valence-electron chi connectivity index (χ4n) is 2.34. The smallest absolute Gasteiger partial charge is 0.269 e. The second-order valence-electron chi connectivity index (χ2n) is 5.58. The zero-order chi connectivity index (χ0) is 15.7. The Morgan fingerprint density at radius 3 is 2.73 bits per heavy atom. The number of hydrogen-bond acceptors (Lipinski definition) is 6. The van der Waals surface area contributed by atoms with Crippen molar-refractivity contribution in [2.75, 3.05) is 6.61 Å². The van der Waals surface area contributed by atoms with Gasteiger partial charge in [-0.1, -0.05) is 5.21 Å². The third-order valence-electron chi connectivity index (χ3n) is 3.37. The highest BCUT2D eigenvalue weighted by atomic mass is 16.7. The highest BCUT2D eigenvalue weighted by Crippen LogP contribution is 2.24. The van der Waals surface area contributed by atoms with Gasteiger partial charge in [-0.2, -0.15) is 0 Å². The van der Waals surface area contributed by atoms with Crippen LogP contribution in [0.3, 0.4) is 0 Å².